The zero-order valence-electron chi connectivity index (χ0n) is 14.1. The van der Waals surface area contributed by atoms with E-state index in [-0.39, 0.29) is 0 Å². The van der Waals surface area contributed by atoms with Crippen molar-refractivity contribution < 1.29 is 0 Å². The summed E-state index contributed by atoms with van der Waals surface area (Å²) >= 11 is 0. The molecule has 1 aliphatic carbocycles. The van der Waals surface area contributed by atoms with Crippen LogP contribution in [0.5, 0.6) is 0 Å². The number of hydrogen-bond donors (Lipinski definition) is 0. The van der Waals surface area contributed by atoms with Gasteiger partial charge in [-0.15, -0.1) is 0 Å². The molecule has 0 aromatic heterocycles. The monoisotopic (exact) mass is 270 g/mol. The highest BCUT2D eigenvalue weighted by molar-refractivity contribution is 5.37. The Morgan fingerprint density at radius 3 is 2.40 bits per heavy atom. The molecule has 0 nitrogen and oxygen atoms in total. The zero-order chi connectivity index (χ0) is 15.2. The number of hydrogen-bond acceptors (Lipinski definition) is 0. The molecular weight excluding hydrogens is 240 g/mol. The lowest BCUT2D eigenvalue weighted by Gasteiger charge is -2.32. The predicted molar refractivity (Wildman–Crippen MR) is 91.8 cm³/mol. The van der Waals surface area contributed by atoms with Crippen molar-refractivity contribution >= 4 is 0 Å². The first-order valence-electron chi connectivity index (χ1n) is 7.73. The van der Waals surface area contributed by atoms with Crippen LogP contribution in [-0.4, -0.2) is 0 Å². The first-order valence-corrected chi connectivity index (χ1v) is 7.73. The molecule has 0 spiro atoms. The SMILES string of the molecule is CC=C(C)\C=C/C=C(C)/C=C/C1=C(C)CCCC1(C)C. The molecule has 0 amide bonds. The van der Waals surface area contributed by atoms with Gasteiger partial charge >= 0.3 is 0 Å². The van der Waals surface area contributed by atoms with Gasteiger partial charge in [-0.05, 0) is 57.9 Å². The zero-order valence-corrected chi connectivity index (χ0v) is 14.1. The average Bonchev–Trinajstić information content (AvgIpc) is 2.37. The van der Waals surface area contributed by atoms with E-state index in [1.807, 2.05) is 0 Å². The number of rotatable bonds is 4. The molecule has 0 unspecified atom stereocenters. The lowest BCUT2D eigenvalue weighted by Crippen LogP contribution is -2.19. The fourth-order valence-corrected chi connectivity index (χ4v) is 2.73. The molecule has 110 valence electrons. The van der Waals surface area contributed by atoms with E-state index in [0.717, 1.165) is 0 Å². The van der Waals surface area contributed by atoms with Crippen LogP contribution >= 0.6 is 0 Å². The second-order valence-corrected chi connectivity index (χ2v) is 6.57. The van der Waals surface area contributed by atoms with Crippen LogP contribution in [0.15, 0.2) is 58.7 Å². The molecule has 0 radical (unpaired) electrons. The Morgan fingerprint density at radius 1 is 1.10 bits per heavy atom. The molecule has 0 aromatic rings. The standard InChI is InChI=1S/C20H30/c1-7-16(2)10-8-11-17(3)13-14-19-18(4)12-9-15-20(19,5)6/h7-8,10-11,13-14H,9,12,15H2,1-6H3/b10-8-,14-13+,16-7?,17-11+. The van der Waals surface area contributed by atoms with Crippen LogP contribution < -0.4 is 0 Å². The summed E-state index contributed by atoms with van der Waals surface area (Å²) in [7, 11) is 0. The van der Waals surface area contributed by atoms with Gasteiger partial charge in [-0.2, -0.15) is 0 Å². The molecule has 0 heteroatoms. The van der Waals surface area contributed by atoms with E-state index in [1.54, 1.807) is 5.57 Å². The van der Waals surface area contributed by atoms with Gasteiger partial charge in [0.05, 0.1) is 0 Å². The summed E-state index contributed by atoms with van der Waals surface area (Å²) in [4.78, 5) is 0. The third-order valence-corrected chi connectivity index (χ3v) is 4.23. The minimum atomic E-state index is 0.330. The van der Waals surface area contributed by atoms with Crippen LogP contribution in [0.4, 0.5) is 0 Å². The third kappa shape index (κ3) is 5.00. The van der Waals surface area contributed by atoms with Gasteiger partial charge < -0.3 is 0 Å². The Balaban J connectivity index is 2.81. The van der Waals surface area contributed by atoms with Gasteiger partial charge in [0.2, 0.25) is 0 Å². The molecule has 0 saturated carbocycles. The Bertz CT molecular complexity index is 476. The lowest BCUT2D eigenvalue weighted by molar-refractivity contribution is 0.377. The summed E-state index contributed by atoms with van der Waals surface area (Å²) in [5, 5.41) is 0. The van der Waals surface area contributed by atoms with Crippen LogP contribution in [0.2, 0.25) is 0 Å². The normalized spacial score (nSPS) is 21.3. The maximum atomic E-state index is 2.36. The summed E-state index contributed by atoms with van der Waals surface area (Å²) in [6.07, 6.45) is 17.0. The van der Waals surface area contributed by atoms with Gasteiger partial charge in [0.15, 0.2) is 0 Å². The van der Waals surface area contributed by atoms with Gasteiger partial charge in [0, 0.05) is 0 Å². The number of allylic oxidation sites excluding steroid dienone is 10. The highest BCUT2D eigenvalue weighted by Gasteiger charge is 2.26. The molecule has 0 bridgehead atoms. The predicted octanol–water partition coefficient (Wildman–Crippen LogP) is 6.54. The molecule has 0 saturated heterocycles. The van der Waals surface area contributed by atoms with Gasteiger partial charge in [-0.1, -0.05) is 67.0 Å². The van der Waals surface area contributed by atoms with E-state index >= 15 is 0 Å². The van der Waals surface area contributed by atoms with Crippen LogP contribution in [0.1, 0.15) is 60.8 Å². The first-order chi connectivity index (χ1) is 9.36. The molecule has 0 heterocycles. The van der Waals surface area contributed by atoms with Crippen molar-refractivity contribution in [1.29, 1.82) is 0 Å². The quantitative estimate of drug-likeness (QED) is 0.509. The van der Waals surface area contributed by atoms with Crippen LogP contribution in [0.25, 0.3) is 0 Å². The van der Waals surface area contributed by atoms with E-state index in [9.17, 15) is 0 Å². The van der Waals surface area contributed by atoms with Gasteiger partial charge in [0.1, 0.15) is 0 Å². The Kier molecular flexibility index (Phi) is 6.26. The van der Waals surface area contributed by atoms with E-state index < -0.39 is 0 Å². The summed E-state index contributed by atoms with van der Waals surface area (Å²) in [5.41, 5.74) is 6.02. The maximum absolute atomic E-state index is 2.36. The largest absolute Gasteiger partial charge is 0.0847 e. The minimum Gasteiger partial charge on any atom is -0.0847 e. The molecule has 0 fully saturated rings. The third-order valence-electron chi connectivity index (χ3n) is 4.23. The van der Waals surface area contributed by atoms with Crippen LogP contribution in [-0.2, 0) is 0 Å². The van der Waals surface area contributed by atoms with Gasteiger partial charge in [-0.3, -0.25) is 0 Å². The van der Waals surface area contributed by atoms with E-state index in [4.69, 9.17) is 0 Å². The first kappa shape index (κ1) is 16.8. The fourth-order valence-electron chi connectivity index (χ4n) is 2.73. The highest BCUT2D eigenvalue weighted by Crippen LogP contribution is 2.40. The smallest absolute Gasteiger partial charge is 0.0104 e. The fraction of sp³-hybridized carbons (Fsp3) is 0.500. The summed E-state index contributed by atoms with van der Waals surface area (Å²) in [5.74, 6) is 0. The molecule has 0 aromatic carbocycles. The van der Waals surface area contributed by atoms with Crippen molar-refractivity contribution in [3.8, 4) is 0 Å². The lowest BCUT2D eigenvalue weighted by atomic mass is 9.72. The van der Waals surface area contributed by atoms with Crippen molar-refractivity contribution in [3.63, 3.8) is 0 Å². The summed E-state index contributed by atoms with van der Waals surface area (Å²) in [6, 6.07) is 0. The van der Waals surface area contributed by atoms with Crippen molar-refractivity contribution in [2.75, 3.05) is 0 Å². The maximum Gasteiger partial charge on any atom is -0.0104 e. The van der Waals surface area contributed by atoms with Gasteiger partial charge in [-0.25, -0.2) is 0 Å². The van der Waals surface area contributed by atoms with Gasteiger partial charge in [0.25, 0.3) is 0 Å². The highest BCUT2D eigenvalue weighted by atomic mass is 14.3. The summed E-state index contributed by atoms with van der Waals surface area (Å²) in [6.45, 7) is 13.4. The molecule has 0 atom stereocenters. The minimum absolute atomic E-state index is 0.330. The van der Waals surface area contributed by atoms with Crippen LogP contribution in [0, 0.1) is 5.41 Å². The Labute approximate surface area is 125 Å². The van der Waals surface area contributed by atoms with Crippen molar-refractivity contribution in [2.24, 2.45) is 5.41 Å². The summed E-state index contributed by atoms with van der Waals surface area (Å²) < 4.78 is 0. The van der Waals surface area contributed by atoms with Crippen molar-refractivity contribution in [2.45, 2.75) is 60.8 Å². The van der Waals surface area contributed by atoms with E-state index in [1.165, 1.54) is 36.0 Å². The van der Waals surface area contributed by atoms with E-state index in [2.05, 4.69) is 78.0 Å². The molecule has 0 aliphatic heterocycles. The molecule has 0 N–H and O–H groups in total. The van der Waals surface area contributed by atoms with E-state index in [0.29, 0.717) is 5.41 Å². The molecular formula is C20H30. The molecule has 20 heavy (non-hydrogen) atoms. The average molecular weight is 270 g/mol. The second kappa shape index (κ2) is 7.47. The molecule has 1 rings (SSSR count). The Hall–Kier alpha value is -1.30. The second-order valence-electron chi connectivity index (χ2n) is 6.57. The molecule has 1 aliphatic rings. The van der Waals surface area contributed by atoms with Crippen LogP contribution in [0.3, 0.4) is 0 Å². The van der Waals surface area contributed by atoms with Crippen molar-refractivity contribution in [3.05, 3.63) is 58.7 Å². The van der Waals surface area contributed by atoms with Crippen molar-refractivity contribution in [1.82, 2.24) is 0 Å². The topological polar surface area (TPSA) is 0 Å². The Morgan fingerprint density at radius 2 is 1.80 bits per heavy atom.